The molecule has 0 radical (unpaired) electrons. The van der Waals surface area contributed by atoms with Gasteiger partial charge in [-0.05, 0) is 6.92 Å². The van der Waals surface area contributed by atoms with Crippen LogP contribution in [0.2, 0.25) is 0 Å². The number of nitrogens with two attached hydrogens (primary N) is 1. The van der Waals surface area contributed by atoms with Gasteiger partial charge in [-0.3, -0.25) is 14.4 Å². The van der Waals surface area contributed by atoms with Crippen LogP contribution in [0, 0.1) is 0 Å². The average Bonchev–Trinajstić information content (AvgIpc) is 3.17. The Bertz CT molecular complexity index is 685. The molecule has 1 aromatic heterocycles. The van der Waals surface area contributed by atoms with Crippen LogP contribution in [-0.4, -0.2) is 80.4 Å². The molecule has 1 heterocycles. The Morgan fingerprint density at radius 1 is 1.18 bits per heavy atom. The highest BCUT2D eigenvalue weighted by molar-refractivity contribution is 7.80. The molecular formula is C15H24N6O6S. The number of carbonyl (C=O) groups excluding carboxylic acids is 3. The van der Waals surface area contributed by atoms with Gasteiger partial charge in [0.2, 0.25) is 17.7 Å². The lowest BCUT2D eigenvalue weighted by molar-refractivity contribution is -0.141. The molecule has 0 spiro atoms. The number of carboxylic acid groups (broad SMARTS) is 1. The third kappa shape index (κ3) is 7.17. The number of carbonyl (C=O) groups is 4. The van der Waals surface area contributed by atoms with Gasteiger partial charge in [0.05, 0.1) is 12.9 Å². The van der Waals surface area contributed by atoms with Crippen molar-refractivity contribution < 1.29 is 29.4 Å². The van der Waals surface area contributed by atoms with Crippen LogP contribution in [0.1, 0.15) is 12.6 Å². The largest absolute Gasteiger partial charge is 0.480 e. The molecule has 0 aliphatic carbocycles. The minimum atomic E-state index is -1.26. The van der Waals surface area contributed by atoms with Gasteiger partial charge < -0.3 is 36.9 Å². The van der Waals surface area contributed by atoms with Gasteiger partial charge in [-0.1, -0.05) is 0 Å². The van der Waals surface area contributed by atoms with E-state index >= 15 is 0 Å². The molecule has 1 aromatic rings. The second kappa shape index (κ2) is 11.3. The second-order valence-electron chi connectivity index (χ2n) is 5.94. The zero-order chi connectivity index (χ0) is 21.3. The summed E-state index contributed by atoms with van der Waals surface area (Å²) in [5.74, 6) is -3.56. The Balaban J connectivity index is 2.79. The molecule has 8 N–H and O–H groups in total. The van der Waals surface area contributed by atoms with Crippen molar-refractivity contribution in [3.63, 3.8) is 0 Å². The zero-order valence-electron chi connectivity index (χ0n) is 15.1. The first-order chi connectivity index (χ1) is 13.2. The molecule has 12 nitrogen and oxygen atoms in total. The molecular weight excluding hydrogens is 392 g/mol. The summed E-state index contributed by atoms with van der Waals surface area (Å²) in [5, 5.41) is 25.0. The number of hydrogen-bond acceptors (Lipinski definition) is 8. The van der Waals surface area contributed by atoms with E-state index in [0.29, 0.717) is 5.69 Å². The quantitative estimate of drug-likeness (QED) is 0.172. The summed E-state index contributed by atoms with van der Waals surface area (Å²) >= 11 is 3.84. The van der Waals surface area contributed by atoms with Gasteiger partial charge >= 0.3 is 5.97 Å². The Labute approximate surface area is 166 Å². The Morgan fingerprint density at radius 2 is 1.82 bits per heavy atom. The van der Waals surface area contributed by atoms with E-state index in [4.69, 9.17) is 15.9 Å². The molecule has 0 bridgehead atoms. The van der Waals surface area contributed by atoms with Gasteiger partial charge in [0.25, 0.3) is 0 Å². The lowest BCUT2D eigenvalue weighted by atomic mass is 10.1. The maximum atomic E-state index is 12.5. The van der Waals surface area contributed by atoms with E-state index in [0.717, 1.165) is 0 Å². The van der Waals surface area contributed by atoms with Crippen molar-refractivity contribution in [3.8, 4) is 0 Å². The highest BCUT2D eigenvalue weighted by atomic mass is 32.1. The van der Waals surface area contributed by atoms with Crippen LogP contribution in [0.4, 0.5) is 0 Å². The smallest absolute Gasteiger partial charge is 0.327 e. The van der Waals surface area contributed by atoms with Gasteiger partial charge in [-0.25, -0.2) is 9.78 Å². The second-order valence-corrected chi connectivity index (χ2v) is 6.31. The minimum absolute atomic E-state index is 0.0262. The number of hydrogen-bond donors (Lipinski definition) is 8. The number of amides is 3. The maximum Gasteiger partial charge on any atom is 0.327 e. The van der Waals surface area contributed by atoms with Gasteiger partial charge in [0.1, 0.15) is 24.2 Å². The SMILES string of the molecule is CC(NC(=O)C(Cc1cnc[nH]1)NC(=O)C(N)CO)C(=O)NC(CS)C(=O)O. The third-order valence-electron chi connectivity index (χ3n) is 3.69. The number of carboxylic acids is 1. The summed E-state index contributed by atoms with van der Waals surface area (Å²) < 4.78 is 0. The first-order valence-corrected chi connectivity index (χ1v) is 8.91. The van der Waals surface area contributed by atoms with Crippen LogP contribution in [0.5, 0.6) is 0 Å². The molecule has 0 saturated heterocycles. The number of rotatable bonds is 11. The molecule has 1 rings (SSSR count). The molecule has 0 aromatic carbocycles. The van der Waals surface area contributed by atoms with Crippen molar-refractivity contribution in [3.05, 3.63) is 18.2 Å². The Hall–Kier alpha value is -2.64. The summed E-state index contributed by atoms with van der Waals surface area (Å²) in [4.78, 5) is 54.2. The van der Waals surface area contributed by atoms with Crippen molar-refractivity contribution in [1.29, 1.82) is 0 Å². The Morgan fingerprint density at radius 3 is 2.32 bits per heavy atom. The van der Waals surface area contributed by atoms with E-state index < -0.39 is 54.5 Å². The molecule has 4 unspecified atom stereocenters. The first kappa shape index (κ1) is 23.4. The number of aliphatic carboxylic acids is 1. The molecule has 0 aliphatic heterocycles. The number of H-pyrrole nitrogens is 1. The van der Waals surface area contributed by atoms with Crippen LogP contribution < -0.4 is 21.7 Å². The summed E-state index contributed by atoms with van der Waals surface area (Å²) in [7, 11) is 0. The summed E-state index contributed by atoms with van der Waals surface area (Å²) in [6.45, 7) is 0.753. The lowest BCUT2D eigenvalue weighted by Gasteiger charge is -2.22. The van der Waals surface area contributed by atoms with Gasteiger partial charge in [0, 0.05) is 24.1 Å². The fraction of sp³-hybridized carbons (Fsp3) is 0.533. The highest BCUT2D eigenvalue weighted by Gasteiger charge is 2.28. The zero-order valence-corrected chi connectivity index (χ0v) is 16.0. The van der Waals surface area contributed by atoms with Crippen LogP contribution >= 0.6 is 12.6 Å². The van der Waals surface area contributed by atoms with E-state index in [-0.39, 0.29) is 12.2 Å². The van der Waals surface area contributed by atoms with E-state index in [1.165, 1.54) is 19.4 Å². The predicted octanol–water partition coefficient (Wildman–Crippen LogP) is -3.24. The number of thiol groups is 1. The fourth-order valence-corrected chi connectivity index (χ4v) is 2.30. The first-order valence-electron chi connectivity index (χ1n) is 8.28. The summed E-state index contributed by atoms with van der Waals surface area (Å²) in [5.41, 5.74) is 5.98. The van der Waals surface area contributed by atoms with Crippen molar-refractivity contribution in [2.45, 2.75) is 37.5 Å². The average molecular weight is 416 g/mol. The third-order valence-corrected chi connectivity index (χ3v) is 4.06. The minimum Gasteiger partial charge on any atom is -0.480 e. The molecule has 4 atom stereocenters. The topological polar surface area (TPSA) is 200 Å². The number of nitrogens with one attached hydrogen (secondary N) is 4. The number of aromatic amines is 1. The molecule has 156 valence electrons. The van der Waals surface area contributed by atoms with Crippen molar-refractivity contribution >= 4 is 36.3 Å². The van der Waals surface area contributed by atoms with Gasteiger partial charge in [-0.15, -0.1) is 0 Å². The molecule has 0 saturated carbocycles. The van der Waals surface area contributed by atoms with Crippen molar-refractivity contribution in [1.82, 2.24) is 25.9 Å². The van der Waals surface area contributed by atoms with Gasteiger partial charge in [0.15, 0.2) is 0 Å². The number of aromatic nitrogens is 2. The number of aliphatic hydroxyl groups excluding tert-OH is 1. The summed E-state index contributed by atoms with van der Waals surface area (Å²) in [6, 6.07) is -4.62. The standard InChI is InChI=1S/C15H24N6O6S/c1-7(12(23)21-11(5-28)15(26)27)19-14(25)10(2-8-3-17-6-18-8)20-13(24)9(16)4-22/h3,6-7,9-11,22,28H,2,4-5,16H2,1H3,(H,17,18)(H,19,25)(H,20,24)(H,21,23)(H,26,27). The van der Waals surface area contributed by atoms with E-state index in [1.807, 2.05) is 0 Å². The summed E-state index contributed by atoms with van der Waals surface area (Å²) in [6.07, 6.45) is 2.88. The van der Waals surface area contributed by atoms with E-state index in [2.05, 4.69) is 38.5 Å². The van der Waals surface area contributed by atoms with Crippen LogP contribution in [0.15, 0.2) is 12.5 Å². The van der Waals surface area contributed by atoms with Crippen molar-refractivity contribution in [2.24, 2.45) is 5.73 Å². The number of imidazole rings is 1. The van der Waals surface area contributed by atoms with Crippen LogP contribution in [0.3, 0.4) is 0 Å². The molecule has 13 heteroatoms. The van der Waals surface area contributed by atoms with Crippen molar-refractivity contribution in [2.75, 3.05) is 12.4 Å². The number of aliphatic hydroxyl groups is 1. The fourth-order valence-electron chi connectivity index (χ4n) is 2.05. The molecule has 0 fully saturated rings. The van der Waals surface area contributed by atoms with Crippen LogP contribution in [0.25, 0.3) is 0 Å². The van der Waals surface area contributed by atoms with E-state index in [9.17, 15) is 19.2 Å². The monoisotopic (exact) mass is 416 g/mol. The lowest BCUT2D eigenvalue weighted by Crippen LogP contribution is -2.57. The molecule has 0 aliphatic rings. The number of nitrogens with zero attached hydrogens (tertiary/aromatic N) is 1. The Kier molecular flexibility index (Phi) is 9.41. The highest BCUT2D eigenvalue weighted by Crippen LogP contribution is 2.01. The van der Waals surface area contributed by atoms with Crippen LogP contribution in [-0.2, 0) is 25.6 Å². The maximum absolute atomic E-state index is 12.5. The predicted molar refractivity (Wildman–Crippen MR) is 100 cm³/mol. The van der Waals surface area contributed by atoms with E-state index in [1.54, 1.807) is 0 Å². The molecule has 28 heavy (non-hydrogen) atoms. The normalized spacial score (nSPS) is 15.0. The molecule has 3 amide bonds. The van der Waals surface area contributed by atoms with Gasteiger partial charge in [-0.2, -0.15) is 12.6 Å².